The summed E-state index contributed by atoms with van der Waals surface area (Å²) in [5, 5.41) is 3.87. The van der Waals surface area contributed by atoms with E-state index in [9.17, 15) is 0 Å². The minimum Gasteiger partial charge on any atom is -0.455 e. The van der Waals surface area contributed by atoms with Gasteiger partial charge in [0.15, 0.2) is 0 Å². The molecular weight excluding hydrogens is 877 g/mol. The van der Waals surface area contributed by atoms with Gasteiger partial charge in [-0.05, 0) is 94.3 Å². The fourth-order valence-corrected chi connectivity index (χ4v) is 11.0. The van der Waals surface area contributed by atoms with Gasteiger partial charge in [-0.1, -0.05) is 157 Å². The minimum absolute atomic E-state index is 0. The summed E-state index contributed by atoms with van der Waals surface area (Å²) in [5.74, 6) is 1.63. The van der Waals surface area contributed by atoms with Crippen molar-refractivity contribution in [2.45, 2.75) is 96.7 Å². The van der Waals surface area contributed by atoms with Gasteiger partial charge in [0.1, 0.15) is 11.2 Å². The maximum atomic E-state index is 6.49. The first-order valence-electron chi connectivity index (χ1n) is 20.7. The molecule has 0 amide bonds. The van der Waals surface area contributed by atoms with Crippen LogP contribution < -0.4 is 5.19 Å². The Balaban J connectivity index is 0.000000183. The fraction of sp³-hybridized carbons (Fsp3) is 0.333. The van der Waals surface area contributed by atoms with Crippen molar-refractivity contribution in [3.8, 4) is 33.6 Å². The van der Waals surface area contributed by atoms with Gasteiger partial charge in [0, 0.05) is 54.4 Å². The van der Waals surface area contributed by atoms with Crippen LogP contribution in [0.1, 0.15) is 76.3 Å². The third kappa shape index (κ3) is 8.42. The molecule has 0 saturated heterocycles. The molecule has 56 heavy (non-hydrogen) atoms. The predicted molar refractivity (Wildman–Crippen MR) is 236 cm³/mol. The molecule has 5 heteroatoms. The number of hydrogen-bond acceptors (Lipinski definition) is 3. The number of aromatic nitrogens is 2. The molecule has 4 aromatic carbocycles. The van der Waals surface area contributed by atoms with E-state index >= 15 is 0 Å². The van der Waals surface area contributed by atoms with Crippen LogP contribution in [0.2, 0.25) is 19.6 Å². The van der Waals surface area contributed by atoms with Crippen molar-refractivity contribution in [1.29, 1.82) is 0 Å². The summed E-state index contributed by atoms with van der Waals surface area (Å²) in [6.45, 7) is 12.1. The van der Waals surface area contributed by atoms with Gasteiger partial charge >= 0.3 is 0 Å². The van der Waals surface area contributed by atoms with Crippen LogP contribution in [0.25, 0.3) is 55.6 Å². The number of pyridine rings is 2. The van der Waals surface area contributed by atoms with E-state index in [0.717, 1.165) is 50.7 Å². The zero-order valence-electron chi connectivity index (χ0n) is 33.8. The molecule has 0 spiro atoms. The topological polar surface area (TPSA) is 38.9 Å². The first-order valence-corrected chi connectivity index (χ1v) is 24.2. The Morgan fingerprint density at radius 3 is 1.98 bits per heavy atom. The Labute approximate surface area is 348 Å². The maximum Gasteiger partial charge on any atom is 0.145 e. The summed E-state index contributed by atoms with van der Waals surface area (Å²) >= 11 is 0. The van der Waals surface area contributed by atoms with Crippen LogP contribution in [0.5, 0.6) is 0 Å². The number of nitrogens with zero attached hydrogens (tertiary/aromatic N) is 2. The van der Waals surface area contributed by atoms with Crippen LogP contribution in [0.3, 0.4) is 0 Å². The van der Waals surface area contributed by atoms with E-state index < -0.39 is 8.07 Å². The Bertz CT molecular complexity index is 2380. The van der Waals surface area contributed by atoms with E-state index in [-0.39, 0.29) is 25.5 Å². The Morgan fingerprint density at radius 2 is 1.29 bits per heavy atom. The summed E-state index contributed by atoms with van der Waals surface area (Å²) in [4.78, 5) is 9.60. The van der Waals surface area contributed by atoms with Gasteiger partial charge in [-0.2, -0.15) is 0 Å². The van der Waals surface area contributed by atoms with Crippen LogP contribution in [0.15, 0.2) is 132 Å². The fourth-order valence-electron chi connectivity index (χ4n) is 9.38. The molecule has 3 heterocycles. The van der Waals surface area contributed by atoms with Gasteiger partial charge in [-0.3, -0.25) is 9.97 Å². The summed E-state index contributed by atoms with van der Waals surface area (Å²) in [6.07, 6.45) is 16.4. The molecule has 0 bridgehead atoms. The third-order valence-corrected chi connectivity index (χ3v) is 14.7. The van der Waals surface area contributed by atoms with E-state index in [2.05, 4.69) is 149 Å². The van der Waals surface area contributed by atoms with E-state index in [4.69, 9.17) is 14.4 Å². The quantitative estimate of drug-likeness (QED) is 0.143. The van der Waals surface area contributed by atoms with Crippen molar-refractivity contribution in [3.63, 3.8) is 0 Å². The van der Waals surface area contributed by atoms with E-state index in [1.807, 2.05) is 12.3 Å². The maximum absolute atomic E-state index is 6.49. The number of hydrogen-bond donors (Lipinski definition) is 0. The summed E-state index contributed by atoms with van der Waals surface area (Å²) < 4.78 is 6.49. The average molecular weight is 933 g/mol. The Morgan fingerprint density at radius 1 is 0.661 bits per heavy atom. The number of benzene rings is 4. The van der Waals surface area contributed by atoms with Crippen LogP contribution in [0.4, 0.5) is 0 Å². The largest absolute Gasteiger partial charge is 0.455 e. The Kier molecular flexibility index (Phi) is 12.3. The number of fused-ring (bicyclic) bond motifs is 3. The van der Waals surface area contributed by atoms with E-state index in [0.29, 0.717) is 0 Å². The van der Waals surface area contributed by atoms with Crippen LogP contribution in [-0.4, -0.2) is 18.0 Å². The molecule has 0 unspecified atom stereocenters. The standard InChI is InChI=1S/C31H29NO.C20H27NSi.Ir/c1-31(2,22-12-6-7-13-22)23-18-19-32-27(20-23)25-17-16-24(21-10-4-3-5-11-21)29-26-14-8-9-15-28(26)33-30(25)29;1-22(2,3)20-15-21-19(17-11-5-4-6-12-17)14-18(20)13-16-9-7-8-10-16;/h3-5,8-11,14-20,22H,6-7,12-13H2,1-2H3;4-6,11-12,14-16H,7-10,13H2,1-3H3;. The molecule has 2 saturated carbocycles. The van der Waals surface area contributed by atoms with E-state index in [1.165, 1.54) is 80.0 Å². The molecule has 0 N–H and O–H groups in total. The van der Waals surface area contributed by atoms with Gasteiger partial charge in [0.05, 0.1) is 19.5 Å². The zero-order chi connectivity index (χ0) is 38.0. The van der Waals surface area contributed by atoms with Crippen molar-refractivity contribution in [2.24, 2.45) is 11.8 Å². The van der Waals surface area contributed by atoms with Gasteiger partial charge in [-0.25, -0.2) is 0 Å². The third-order valence-electron chi connectivity index (χ3n) is 12.6. The Hall–Kier alpha value is -4.15. The van der Waals surface area contributed by atoms with Crippen molar-refractivity contribution in [2.75, 3.05) is 0 Å². The second kappa shape index (κ2) is 17.1. The van der Waals surface area contributed by atoms with Gasteiger partial charge < -0.3 is 4.42 Å². The first kappa shape index (κ1) is 40.1. The average Bonchev–Trinajstić information content (AvgIpc) is 4.01. The molecule has 0 atom stereocenters. The van der Waals surface area contributed by atoms with Crippen LogP contribution in [-0.2, 0) is 31.9 Å². The monoisotopic (exact) mass is 933 g/mol. The summed E-state index contributed by atoms with van der Waals surface area (Å²) in [5.41, 5.74) is 11.7. The SMILES string of the molecule is CC(C)(c1ccnc(-c2ccc(-c3ccccc3)c3c2oc2ccccc23)c1)C1CCCC1.C[Si](C)(C)c1cnc(-c2ccccc2)cc1CC1CCCC1.[Ir]. The molecule has 0 aliphatic heterocycles. The number of furan rings is 1. The molecular formula is C51H56IrN2OSi. The van der Waals surface area contributed by atoms with Crippen LogP contribution in [0, 0.1) is 11.8 Å². The molecule has 2 aliphatic rings. The van der Waals surface area contributed by atoms with Crippen molar-refractivity contribution in [3.05, 3.63) is 139 Å². The zero-order valence-corrected chi connectivity index (χ0v) is 37.2. The molecule has 3 aromatic heterocycles. The molecule has 7 aromatic rings. The molecule has 2 fully saturated rings. The van der Waals surface area contributed by atoms with Gasteiger partial charge in [0.2, 0.25) is 0 Å². The summed E-state index contributed by atoms with van der Waals surface area (Å²) in [6, 6.07) is 40.8. The second-order valence-corrected chi connectivity index (χ2v) is 22.7. The predicted octanol–water partition coefficient (Wildman–Crippen LogP) is 13.8. The molecule has 9 rings (SSSR count). The first-order chi connectivity index (χ1) is 26.7. The summed E-state index contributed by atoms with van der Waals surface area (Å²) in [7, 11) is -1.34. The molecule has 289 valence electrons. The number of rotatable bonds is 8. The van der Waals surface area contributed by atoms with Crippen molar-refractivity contribution in [1.82, 2.24) is 9.97 Å². The smallest absolute Gasteiger partial charge is 0.145 e. The van der Waals surface area contributed by atoms with Crippen molar-refractivity contribution < 1.29 is 24.5 Å². The van der Waals surface area contributed by atoms with Crippen molar-refractivity contribution >= 4 is 35.2 Å². The number of para-hydroxylation sites is 1. The minimum atomic E-state index is -1.34. The van der Waals surface area contributed by atoms with Gasteiger partial charge in [0.25, 0.3) is 0 Å². The van der Waals surface area contributed by atoms with Gasteiger partial charge in [-0.15, -0.1) is 0 Å². The van der Waals surface area contributed by atoms with E-state index in [1.54, 1.807) is 10.8 Å². The molecule has 2 aliphatic carbocycles. The molecule has 3 nitrogen and oxygen atoms in total. The second-order valence-electron chi connectivity index (χ2n) is 17.7. The normalized spacial score (nSPS) is 15.2. The van der Waals surface area contributed by atoms with Crippen LogP contribution >= 0.6 is 0 Å². The molecule has 1 radical (unpaired) electrons.